The third-order valence-electron chi connectivity index (χ3n) is 4.77. The molecule has 3 heterocycles. The van der Waals surface area contributed by atoms with Gasteiger partial charge < -0.3 is 9.64 Å². The quantitative estimate of drug-likeness (QED) is 0.686. The lowest BCUT2D eigenvalue weighted by atomic mass is 10.2. The Bertz CT molecular complexity index is 969. The third kappa shape index (κ3) is 3.61. The summed E-state index contributed by atoms with van der Waals surface area (Å²) in [5, 5.41) is 5.59. The van der Waals surface area contributed by atoms with Gasteiger partial charge in [0.25, 0.3) is 5.91 Å². The van der Waals surface area contributed by atoms with Crippen molar-refractivity contribution in [2.75, 3.05) is 13.1 Å². The number of hydrogen-bond acceptors (Lipinski definition) is 4. The minimum Gasteiger partial charge on any atom is -0.372 e. The molecule has 142 valence electrons. The molecule has 0 aliphatic carbocycles. The first-order valence-corrected chi connectivity index (χ1v) is 9.88. The molecule has 0 spiro atoms. The summed E-state index contributed by atoms with van der Waals surface area (Å²) in [6.07, 6.45) is 0.0885. The fourth-order valence-corrected chi connectivity index (χ4v) is 4.72. The fraction of sp³-hybridized carbons (Fsp3) is 0.400. The highest BCUT2D eigenvalue weighted by Crippen LogP contribution is 2.30. The standard InChI is InChI=1S/C20H22FN3O2S/c1-12-9-23(10-13(2)26-12)19(25)18-8-17-14(3)22-24(20(17)27-18)11-15-4-6-16(21)7-5-15/h4-8,12-13H,9-11H2,1-3H3. The number of amides is 1. The first-order valence-electron chi connectivity index (χ1n) is 9.07. The number of carbonyl (C=O) groups is 1. The van der Waals surface area contributed by atoms with E-state index in [1.54, 1.807) is 12.1 Å². The van der Waals surface area contributed by atoms with Crippen LogP contribution in [0.2, 0.25) is 0 Å². The topological polar surface area (TPSA) is 47.4 Å². The Morgan fingerprint density at radius 3 is 2.59 bits per heavy atom. The maximum Gasteiger partial charge on any atom is 0.264 e. The monoisotopic (exact) mass is 387 g/mol. The van der Waals surface area contributed by atoms with E-state index in [0.29, 0.717) is 19.6 Å². The van der Waals surface area contributed by atoms with Crippen molar-refractivity contribution in [3.8, 4) is 0 Å². The van der Waals surface area contributed by atoms with Gasteiger partial charge in [0.15, 0.2) is 0 Å². The van der Waals surface area contributed by atoms with Crippen molar-refractivity contribution in [2.24, 2.45) is 0 Å². The van der Waals surface area contributed by atoms with Gasteiger partial charge in [0.2, 0.25) is 0 Å². The van der Waals surface area contributed by atoms with E-state index in [1.165, 1.54) is 23.5 Å². The number of rotatable bonds is 3. The summed E-state index contributed by atoms with van der Waals surface area (Å²) in [7, 11) is 0. The van der Waals surface area contributed by atoms with Crippen LogP contribution in [-0.2, 0) is 11.3 Å². The van der Waals surface area contributed by atoms with E-state index in [-0.39, 0.29) is 23.9 Å². The second-order valence-corrected chi connectivity index (χ2v) is 8.20. The molecule has 0 N–H and O–H groups in total. The Balaban J connectivity index is 1.62. The number of ether oxygens (including phenoxy) is 1. The zero-order chi connectivity index (χ0) is 19.1. The van der Waals surface area contributed by atoms with Crippen molar-refractivity contribution in [1.29, 1.82) is 0 Å². The molecule has 0 saturated carbocycles. The van der Waals surface area contributed by atoms with Crippen LogP contribution in [0.3, 0.4) is 0 Å². The molecule has 1 saturated heterocycles. The Hall–Kier alpha value is -2.25. The Kier molecular flexibility index (Phi) is 4.74. The Morgan fingerprint density at radius 2 is 1.93 bits per heavy atom. The summed E-state index contributed by atoms with van der Waals surface area (Å²) in [6.45, 7) is 7.70. The van der Waals surface area contributed by atoms with Gasteiger partial charge in [-0.05, 0) is 44.5 Å². The first-order chi connectivity index (χ1) is 12.9. The van der Waals surface area contributed by atoms with Crippen LogP contribution in [0.4, 0.5) is 4.39 Å². The largest absolute Gasteiger partial charge is 0.372 e. The van der Waals surface area contributed by atoms with Crippen LogP contribution in [0.25, 0.3) is 10.2 Å². The highest BCUT2D eigenvalue weighted by atomic mass is 32.1. The Morgan fingerprint density at radius 1 is 1.26 bits per heavy atom. The van der Waals surface area contributed by atoms with Crippen molar-refractivity contribution >= 4 is 27.5 Å². The van der Waals surface area contributed by atoms with Crippen molar-refractivity contribution < 1.29 is 13.9 Å². The van der Waals surface area contributed by atoms with Crippen molar-refractivity contribution in [2.45, 2.75) is 39.5 Å². The van der Waals surface area contributed by atoms with Gasteiger partial charge in [-0.3, -0.25) is 9.48 Å². The first kappa shape index (κ1) is 18.1. The van der Waals surface area contributed by atoms with Gasteiger partial charge >= 0.3 is 0 Å². The molecule has 3 aromatic rings. The number of carbonyl (C=O) groups excluding carboxylic acids is 1. The lowest BCUT2D eigenvalue weighted by Crippen LogP contribution is -2.48. The molecular weight excluding hydrogens is 365 g/mol. The van der Waals surface area contributed by atoms with Crippen LogP contribution in [0.15, 0.2) is 30.3 Å². The molecule has 1 amide bonds. The number of benzene rings is 1. The lowest BCUT2D eigenvalue weighted by Gasteiger charge is -2.35. The summed E-state index contributed by atoms with van der Waals surface area (Å²) in [5.74, 6) is -0.204. The van der Waals surface area contributed by atoms with E-state index in [2.05, 4.69) is 5.10 Å². The molecule has 5 nitrogen and oxygen atoms in total. The maximum absolute atomic E-state index is 13.1. The van der Waals surface area contributed by atoms with Crippen LogP contribution >= 0.6 is 11.3 Å². The molecule has 1 aromatic carbocycles. The third-order valence-corrected chi connectivity index (χ3v) is 5.91. The van der Waals surface area contributed by atoms with Gasteiger partial charge in [0.05, 0.1) is 29.3 Å². The van der Waals surface area contributed by atoms with Crippen LogP contribution in [0.1, 0.15) is 34.8 Å². The highest BCUT2D eigenvalue weighted by molar-refractivity contribution is 7.20. The second kappa shape index (κ2) is 7.05. The summed E-state index contributed by atoms with van der Waals surface area (Å²) in [5.41, 5.74) is 1.86. The highest BCUT2D eigenvalue weighted by Gasteiger charge is 2.28. The summed E-state index contributed by atoms with van der Waals surface area (Å²) < 4.78 is 20.8. The van der Waals surface area contributed by atoms with Gasteiger partial charge in [-0.1, -0.05) is 12.1 Å². The Labute approximate surface area is 161 Å². The number of hydrogen-bond donors (Lipinski definition) is 0. The smallest absolute Gasteiger partial charge is 0.264 e. The molecule has 1 aliphatic heterocycles. The molecule has 2 atom stereocenters. The van der Waals surface area contributed by atoms with Crippen molar-refractivity contribution in [3.63, 3.8) is 0 Å². The average Bonchev–Trinajstić information content (AvgIpc) is 3.17. The molecule has 2 aromatic heterocycles. The number of halogens is 1. The molecular formula is C20H22FN3O2S. The van der Waals surface area contributed by atoms with E-state index in [4.69, 9.17) is 4.74 Å². The summed E-state index contributed by atoms with van der Waals surface area (Å²) in [4.78, 5) is 16.5. The molecule has 1 fully saturated rings. The molecule has 7 heteroatoms. The van der Waals surface area contributed by atoms with Gasteiger partial charge in [0.1, 0.15) is 10.6 Å². The number of nitrogens with zero attached hydrogens (tertiary/aromatic N) is 3. The summed E-state index contributed by atoms with van der Waals surface area (Å²) in [6, 6.07) is 8.36. The van der Waals surface area contributed by atoms with Crippen LogP contribution in [0.5, 0.6) is 0 Å². The zero-order valence-electron chi connectivity index (χ0n) is 15.6. The number of aryl methyl sites for hydroxylation is 1. The summed E-state index contributed by atoms with van der Waals surface area (Å²) >= 11 is 1.47. The number of morpholine rings is 1. The maximum atomic E-state index is 13.1. The zero-order valence-corrected chi connectivity index (χ0v) is 16.4. The van der Waals surface area contributed by atoms with Gasteiger partial charge in [-0.2, -0.15) is 5.10 Å². The van der Waals surface area contributed by atoms with E-state index >= 15 is 0 Å². The van der Waals surface area contributed by atoms with Crippen LogP contribution in [0, 0.1) is 12.7 Å². The second-order valence-electron chi connectivity index (χ2n) is 7.17. The minimum atomic E-state index is -0.251. The van der Waals surface area contributed by atoms with E-state index in [1.807, 2.05) is 36.4 Å². The molecule has 27 heavy (non-hydrogen) atoms. The lowest BCUT2D eigenvalue weighted by molar-refractivity contribution is -0.0585. The number of thiophene rings is 1. The van der Waals surface area contributed by atoms with Crippen molar-refractivity contribution in [1.82, 2.24) is 14.7 Å². The van der Waals surface area contributed by atoms with Crippen LogP contribution < -0.4 is 0 Å². The predicted molar refractivity (Wildman–Crippen MR) is 104 cm³/mol. The molecule has 4 rings (SSSR count). The van der Waals surface area contributed by atoms with Gasteiger partial charge in [-0.15, -0.1) is 11.3 Å². The normalized spacial score (nSPS) is 20.4. The number of fused-ring (bicyclic) bond motifs is 1. The molecule has 1 aliphatic rings. The number of aromatic nitrogens is 2. The van der Waals surface area contributed by atoms with E-state index in [0.717, 1.165) is 26.4 Å². The SMILES string of the molecule is Cc1nn(Cc2ccc(F)cc2)c2sc(C(=O)N3CC(C)OC(C)C3)cc12. The van der Waals surface area contributed by atoms with E-state index in [9.17, 15) is 9.18 Å². The van der Waals surface area contributed by atoms with Gasteiger partial charge in [0, 0.05) is 18.5 Å². The fourth-order valence-electron chi connectivity index (χ4n) is 3.59. The predicted octanol–water partition coefficient (Wildman–Crippen LogP) is 3.84. The molecule has 2 unspecified atom stereocenters. The van der Waals surface area contributed by atoms with E-state index < -0.39 is 0 Å². The molecule has 0 bridgehead atoms. The minimum absolute atomic E-state index is 0.0442. The van der Waals surface area contributed by atoms with Crippen LogP contribution in [-0.4, -0.2) is 45.9 Å². The van der Waals surface area contributed by atoms with Gasteiger partial charge in [-0.25, -0.2) is 4.39 Å². The molecule has 0 radical (unpaired) electrons. The average molecular weight is 387 g/mol. The van der Waals surface area contributed by atoms with Crippen molar-refractivity contribution in [3.05, 3.63) is 52.3 Å².